The molecular weight excluding hydrogens is 913 g/mol. The summed E-state index contributed by atoms with van der Waals surface area (Å²) in [6, 6.07) is 0. The second-order valence-electron chi connectivity index (χ2n) is 22.7. The molecular formula is C68H128O6. The number of carbonyl (C=O) groups is 3. The summed E-state index contributed by atoms with van der Waals surface area (Å²) in [4.78, 5) is 38.3. The normalized spacial score (nSPS) is 12.1. The first-order chi connectivity index (χ1) is 36.5. The van der Waals surface area contributed by atoms with Crippen LogP contribution in [0.15, 0.2) is 24.3 Å². The molecule has 0 aromatic heterocycles. The zero-order chi connectivity index (χ0) is 53.6. The van der Waals surface area contributed by atoms with E-state index in [2.05, 4.69) is 45.1 Å². The van der Waals surface area contributed by atoms with Gasteiger partial charge >= 0.3 is 17.9 Å². The van der Waals surface area contributed by atoms with E-state index in [1.807, 2.05) is 0 Å². The van der Waals surface area contributed by atoms with E-state index in [1.165, 1.54) is 270 Å². The Morgan fingerprint density at radius 1 is 0.257 bits per heavy atom. The number of allylic oxidation sites excluding steroid dienone is 4. The first kappa shape index (κ1) is 71.9. The van der Waals surface area contributed by atoms with E-state index in [1.54, 1.807) is 0 Å². The fourth-order valence-electron chi connectivity index (χ4n) is 10.1. The molecule has 0 amide bonds. The quantitative estimate of drug-likeness (QED) is 0.0261. The zero-order valence-corrected chi connectivity index (χ0v) is 50.1. The molecule has 6 nitrogen and oxygen atoms in total. The van der Waals surface area contributed by atoms with E-state index in [9.17, 15) is 14.4 Å². The lowest BCUT2D eigenvalue weighted by atomic mass is 10.0. The summed E-state index contributed by atoms with van der Waals surface area (Å²) in [5.41, 5.74) is 0. The van der Waals surface area contributed by atoms with Crippen molar-refractivity contribution in [3.05, 3.63) is 24.3 Å². The van der Waals surface area contributed by atoms with E-state index in [4.69, 9.17) is 14.2 Å². The maximum absolute atomic E-state index is 12.9. The summed E-state index contributed by atoms with van der Waals surface area (Å²) in [7, 11) is 0. The predicted octanol–water partition coefficient (Wildman–Crippen LogP) is 22.6. The standard InChI is InChI=1S/C68H128O6/c1-4-7-10-13-16-19-22-25-27-29-31-32-33-34-35-37-38-40-43-46-49-52-55-58-61-67(70)73-64-65(63-72-66(69)60-57-54-51-48-45-42-24-21-18-15-12-9-6-3)74-68(71)62-59-56-53-50-47-44-41-39-36-30-28-26-23-20-17-14-11-8-5-2/h21,24,26,28,65H,4-20,22-23,25,27,29-64H2,1-3H3/b24-21-,28-26-. The first-order valence-electron chi connectivity index (χ1n) is 33.3. The number of rotatable bonds is 62. The number of hydrogen-bond donors (Lipinski definition) is 0. The van der Waals surface area contributed by atoms with Gasteiger partial charge in [0.05, 0.1) is 0 Å². The fourth-order valence-corrected chi connectivity index (χ4v) is 10.1. The van der Waals surface area contributed by atoms with Crippen LogP contribution in [0.3, 0.4) is 0 Å². The summed E-state index contributed by atoms with van der Waals surface area (Å²) in [6.07, 6.45) is 76.2. The van der Waals surface area contributed by atoms with E-state index in [0.717, 1.165) is 64.2 Å². The molecule has 0 heterocycles. The maximum Gasteiger partial charge on any atom is 0.306 e. The lowest BCUT2D eigenvalue weighted by Crippen LogP contribution is -2.30. The molecule has 0 spiro atoms. The van der Waals surface area contributed by atoms with Gasteiger partial charge in [0.1, 0.15) is 13.2 Å². The van der Waals surface area contributed by atoms with Gasteiger partial charge in [-0.05, 0) is 70.6 Å². The Labute approximate surface area is 462 Å². The Kier molecular flexibility index (Phi) is 61.6. The van der Waals surface area contributed by atoms with Crippen molar-refractivity contribution in [2.75, 3.05) is 13.2 Å². The third-order valence-corrected chi connectivity index (χ3v) is 15.2. The smallest absolute Gasteiger partial charge is 0.306 e. The average Bonchev–Trinajstić information content (AvgIpc) is 3.40. The molecule has 0 aliphatic carbocycles. The topological polar surface area (TPSA) is 78.9 Å². The molecule has 0 saturated heterocycles. The van der Waals surface area contributed by atoms with Crippen LogP contribution < -0.4 is 0 Å². The van der Waals surface area contributed by atoms with Gasteiger partial charge < -0.3 is 14.2 Å². The minimum absolute atomic E-state index is 0.0695. The number of ether oxygens (including phenoxy) is 3. The molecule has 0 rings (SSSR count). The van der Waals surface area contributed by atoms with Crippen molar-refractivity contribution in [1.29, 1.82) is 0 Å². The summed E-state index contributed by atoms with van der Waals surface area (Å²) in [5, 5.41) is 0. The molecule has 0 saturated carbocycles. The summed E-state index contributed by atoms with van der Waals surface area (Å²) < 4.78 is 16.9. The van der Waals surface area contributed by atoms with Crippen LogP contribution in [0.25, 0.3) is 0 Å². The van der Waals surface area contributed by atoms with Crippen LogP contribution in [0.5, 0.6) is 0 Å². The lowest BCUT2D eigenvalue weighted by Gasteiger charge is -2.18. The van der Waals surface area contributed by atoms with E-state index in [0.29, 0.717) is 19.3 Å². The summed E-state index contributed by atoms with van der Waals surface area (Å²) >= 11 is 0. The number of esters is 3. The summed E-state index contributed by atoms with van der Waals surface area (Å²) in [6.45, 7) is 6.68. The second-order valence-corrected chi connectivity index (χ2v) is 22.7. The fraction of sp³-hybridized carbons (Fsp3) is 0.897. The van der Waals surface area contributed by atoms with Gasteiger partial charge in [0.15, 0.2) is 6.10 Å². The SMILES string of the molecule is CCCCCC/C=C\CCCCCCCC(=O)OCC(COC(=O)CCCCCCCCCCCCCCCCCCCCCCCCCC)OC(=O)CCCCCCCCCCC/C=C\CCCCCCCC. The highest BCUT2D eigenvalue weighted by molar-refractivity contribution is 5.71. The van der Waals surface area contributed by atoms with Gasteiger partial charge in [-0.25, -0.2) is 0 Å². The van der Waals surface area contributed by atoms with Crippen LogP contribution in [-0.4, -0.2) is 37.2 Å². The van der Waals surface area contributed by atoms with Crippen molar-refractivity contribution in [2.45, 2.75) is 380 Å². The lowest BCUT2D eigenvalue weighted by molar-refractivity contribution is -0.167. The third kappa shape index (κ3) is 60.8. The molecule has 1 unspecified atom stereocenters. The zero-order valence-electron chi connectivity index (χ0n) is 50.1. The van der Waals surface area contributed by atoms with Gasteiger partial charge in [-0.2, -0.15) is 0 Å². The number of carbonyl (C=O) groups excluding carboxylic acids is 3. The molecule has 0 radical (unpaired) electrons. The molecule has 0 aromatic rings. The molecule has 74 heavy (non-hydrogen) atoms. The molecule has 0 aliphatic rings. The average molecular weight is 1040 g/mol. The van der Waals surface area contributed by atoms with Crippen LogP contribution >= 0.6 is 0 Å². The van der Waals surface area contributed by atoms with Crippen molar-refractivity contribution < 1.29 is 28.6 Å². The Hall–Kier alpha value is -2.11. The van der Waals surface area contributed by atoms with Gasteiger partial charge in [-0.3, -0.25) is 14.4 Å². The van der Waals surface area contributed by atoms with Crippen LogP contribution in [-0.2, 0) is 28.6 Å². The van der Waals surface area contributed by atoms with Crippen LogP contribution in [0, 0.1) is 0 Å². The first-order valence-corrected chi connectivity index (χ1v) is 33.3. The van der Waals surface area contributed by atoms with Crippen molar-refractivity contribution in [3.8, 4) is 0 Å². The Bertz CT molecular complexity index is 1190. The largest absolute Gasteiger partial charge is 0.462 e. The molecule has 0 bridgehead atoms. The van der Waals surface area contributed by atoms with Crippen molar-refractivity contribution in [2.24, 2.45) is 0 Å². The van der Waals surface area contributed by atoms with Gasteiger partial charge in [-0.1, -0.05) is 308 Å². The third-order valence-electron chi connectivity index (χ3n) is 15.2. The highest BCUT2D eigenvalue weighted by Gasteiger charge is 2.19. The Balaban J connectivity index is 4.24. The minimum atomic E-state index is -0.773. The molecule has 6 heteroatoms. The highest BCUT2D eigenvalue weighted by atomic mass is 16.6. The Morgan fingerprint density at radius 3 is 0.689 bits per heavy atom. The van der Waals surface area contributed by atoms with Crippen molar-refractivity contribution in [1.82, 2.24) is 0 Å². The number of hydrogen-bond acceptors (Lipinski definition) is 6. The predicted molar refractivity (Wildman–Crippen MR) is 321 cm³/mol. The van der Waals surface area contributed by atoms with E-state index >= 15 is 0 Å². The monoisotopic (exact) mass is 1040 g/mol. The van der Waals surface area contributed by atoms with Crippen molar-refractivity contribution in [3.63, 3.8) is 0 Å². The van der Waals surface area contributed by atoms with Gasteiger partial charge in [-0.15, -0.1) is 0 Å². The van der Waals surface area contributed by atoms with Crippen LogP contribution in [0.2, 0.25) is 0 Å². The van der Waals surface area contributed by atoms with Gasteiger partial charge in [0.25, 0.3) is 0 Å². The number of unbranched alkanes of at least 4 members (excludes halogenated alkanes) is 47. The van der Waals surface area contributed by atoms with Gasteiger partial charge in [0, 0.05) is 19.3 Å². The molecule has 1 atom stereocenters. The van der Waals surface area contributed by atoms with Crippen molar-refractivity contribution >= 4 is 17.9 Å². The molecule has 0 N–H and O–H groups in total. The Morgan fingerprint density at radius 2 is 0.446 bits per heavy atom. The highest BCUT2D eigenvalue weighted by Crippen LogP contribution is 2.18. The molecule has 0 aliphatic heterocycles. The summed E-state index contributed by atoms with van der Waals surface area (Å²) in [5.74, 6) is -0.854. The van der Waals surface area contributed by atoms with E-state index in [-0.39, 0.29) is 31.1 Å². The second kappa shape index (κ2) is 63.4. The minimum Gasteiger partial charge on any atom is -0.462 e. The maximum atomic E-state index is 12.9. The van der Waals surface area contributed by atoms with Crippen LogP contribution in [0.1, 0.15) is 374 Å². The van der Waals surface area contributed by atoms with Gasteiger partial charge in [0.2, 0.25) is 0 Å². The van der Waals surface area contributed by atoms with Crippen LogP contribution in [0.4, 0.5) is 0 Å². The van der Waals surface area contributed by atoms with E-state index < -0.39 is 6.10 Å². The molecule has 436 valence electrons. The molecule has 0 fully saturated rings. The molecule has 0 aromatic carbocycles.